The minimum Gasteiger partial charge on any atom is -0.383 e. The molecule has 0 bridgehead atoms. The van der Waals surface area contributed by atoms with Crippen molar-refractivity contribution in [2.24, 2.45) is 0 Å². The second-order valence-electron chi connectivity index (χ2n) is 5.01. The van der Waals surface area contributed by atoms with E-state index >= 15 is 0 Å². The summed E-state index contributed by atoms with van der Waals surface area (Å²) in [4.78, 5) is 12.9. The quantitative estimate of drug-likeness (QED) is 0.672. The monoisotopic (exact) mass is 288 g/mol. The zero-order valence-electron chi connectivity index (χ0n) is 11.7. The summed E-state index contributed by atoms with van der Waals surface area (Å²) in [5.41, 5.74) is 1.56. The summed E-state index contributed by atoms with van der Waals surface area (Å²) in [6, 6.07) is 5.29. The van der Waals surface area contributed by atoms with Gasteiger partial charge in [0.25, 0.3) is 5.69 Å². The number of nitro groups is 1. The fourth-order valence-electron chi connectivity index (χ4n) is 2.55. The third-order valence-corrected chi connectivity index (χ3v) is 3.65. The third-order valence-electron chi connectivity index (χ3n) is 3.65. The van der Waals surface area contributed by atoms with Gasteiger partial charge in [-0.2, -0.15) is 0 Å². The second kappa shape index (κ2) is 5.49. The highest BCUT2D eigenvalue weighted by Gasteiger charge is 2.19. The van der Waals surface area contributed by atoms with Crippen LogP contribution in [0.2, 0.25) is 0 Å². The normalized spacial score (nSPS) is 14.7. The summed E-state index contributed by atoms with van der Waals surface area (Å²) in [5, 5.41) is 21.9. The average molecular weight is 288 g/mol. The number of anilines is 1. The lowest BCUT2D eigenvalue weighted by Gasteiger charge is -2.26. The van der Waals surface area contributed by atoms with E-state index in [2.05, 4.69) is 20.4 Å². The Labute approximate surface area is 121 Å². The number of aromatic nitrogens is 3. The first-order valence-corrected chi connectivity index (χ1v) is 6.71. The first-order valence-electron chi connectivity index (χ1n) is 6.71. The summed E-state index contributed by atoms with van der Waals surface area (Å²) in [6.07, 6.45) is 1.74. The Bertz CT molecular complexity index is 668. The molecule has 21 heavy (non-hydrogen) atoms. The van der Waals surface area contributed by atoms with E-state index in [-0.39, 0.29) is 10.6 Å². The molecule has 2 heterocycles. The number of nitro benzene ring substituents is 1. The van der Waals surface area contributed by atoms with Gasteiger partial charge in [0.05, 0.1) is 11.5 Å². The smallest absolute Gasteiger partial charge is 0.292 e. The maximum Gasteiger partial charge on any atom is 0.292 e. The van der Waals surface area contributed by atoms with Gasteiger partial charge >= 0.3 is 0 Å². The first-order chi connectivity index (χ1) is 10.2. The molecule has 0 aliphatic carbocycles. The van der Waals surface area contributed by atoms with Gasteiger partial charge in [0.2, 0.25) is 0 Å². The number of rotatable bonds is 4. The number of hydrogen-bond acceptors (Lipinski definition) is 6. The molecule has 0 spiro atoms. The van der Waals surface area contributed by atoms with E-state index in [0.717, 1.165) is 24.5 Å². The minimum absolute atomic E-state index is 0.107. The molecule has 1 aliphatic rings. The van der Waals surface area contributed by atoms with Crippen molar-refractivity contribution in [2.75, 3.05) is 18.9 Å². The van der Waals surface area contributed by atoms with Crippen LogP contribution in [0, 0.1) is 10.1 Å². The topological polar surface area (TPSA) is 89.1 Å². The van der Waals surface area contributed by atoms with Crippen molar-refractivity contribution in [1.29, 1.82) is 0 Å². The van der Waals surface area contributed by atoms with Crippen LogP contribution >= 0.6 is 0 Å². The van der Waals surface area contributed by atoms with Crippen LogP contribution in [0.15, 0.2) is 24.5 Å². The number of nitrogens with zero attached hydrogens (tertiary/aromatic N) is 5. The van der Waals surface area contributed by atoms with Crippen LogP contribution in [0.25, 0.3) is 0 Å². The molecule has 0 fully saturated rings. The summed E-state index contributed by atoms with van der Waals surface area (Å²) in [6.45, 7) is 3.10. The molecular formula is C13H16N6O2. The lowest BCUT2D eigenvalue weighted by molar-refractivity contribution is -0.384. The van der Waals surface area contributed by atoms with E-state index in [1.165, 1.54) is 0 Å². The lowest BCUT2D eigenvalue weighted by atomic mass is 10.1. The summed E-state index contributed by atoms with van der Waals surface area (Å²) in [5.74, 6) is 0.933. The molecule has 0 saturated heterocycles. The highest BCUT2D eigenvalue weighted by molar-refractivity contribution is 5.62. The predicted molar refractivity (Wildman–Crippen MR) is 76.8 cm³/mol. The van der Waals surface area contributed by atoms with Crippen LogP contribution in [0.4, 0.5) is 11.4 Å². The van der Waals surface area contributed by atoms with Gasteiger partial charge < -0.3 is 9.88 Å². The maximum absolute atomic E-state index is 11.1. The van der Waals surface area contributed by atoms with Gasteiger partial charge in [0.1, 0.15) is 17.8 Å². The SMILES string of the molecule is CNc1ccc(CN2CCn3cnnc3C2)cc1[N+](=O)[O-]. The average Bonchev–Trinajstić information content (AvgIpc) is 2.94. The van der Waals surface area contributed by atoms with E-state index in [4.69, 9.17) is 0 Å². The molecule has 2 aromatic rings. The van der Waals surface area contributed by atoms with Crippen molar-refractivity contribution < 1.29 is 4.92 Å². The molecule has 8 heteroatoms. The first kappa shape index (κ1) is 13.5. The van der Waals surface area contributed by atoms with Crippen molar-refractivity contribution in [3.8, 4) is 0 Å². The van der Waals surface area contributed by atoms with Gasteiger partial charge in [0, 0.05) is 32.7 Å². The van der Waals surface area contributed by atoms with E-state index in [9.17, 15) is 10.1 Å². The highest BCUT2D eigenvalue weighted by Crippen LogP contribution is 2.26. The van der Waals surface area contributed by atoms with Gasteiger partial charge in [-0.3, -0.25) is 15.0 Å². The fraction of sp³-hybridized carbons (Fsp3) is 0.385. The molecule has 1 aliphatic heterocycles. The van der Waals surface area contributed by atoms with Crippen molar-refractivity contribution in [3.63, 3.8) is 0 Å². The Hall–Kier alpha value is -2.48. The Morgan fingerprint density at radius 2 is 2.29 bits per heavy atom. The fourth-order valence-corrected chi connectivity index (χ4v) is 2.55. The summed E-state index contributed by atoms with van der Waals surface area (Å²) < 4.78 is 2.03. The highest BCUT2D eigenvalue weighted by atomic mass is 16.6. The van der Waals surface area contributed by atoms with Crippen LogP contribution in [-0.4, -0.2) is 38.2 Å². The molecule has 1 aromatic carbocycles. The standard InChI is InChI=1S/C13H16N6O2/c1-14-11-3-2-10(6-12(11)19(20)21)7-17-4-5-18-9-15-16-13(18)8-17/h2-3,6,9,14H,4-5,7-8H2,1H3. The maximum atomic E-state index is 11.1. The number of benzene rings is 1. The van der Waals surface area contributed by atoms with Crippen molar-refractivity contribution in [3.05, 3.63) is 46.0 Å². The molecule has 3 rings (SSSR count). The van der Waals surface area contributed by atoms with Gasteiger partial charge in [-0.15, -0.1) is 10.2 Å². The van der Waals surface area contributed by atoms with Gasteiger partial charge in [-0.25, -0.2) is 0 Å². The third kappa shape index (κ3) is 2.70. The van der Waals surface area contributed by atoms with Gasteiger partial charge in [0.15, 0.2) is 0 Å². The van der Waals surface area contributed by atoms with E-state index in [0.29, 0.717) is 18.8 Å². The zero-order valence-corrected chi connectivity index (χ0v) is 11.7. The van der Waals surface area contributed by atoms with E-state index in [1.54, 1.807) is 25.5 Å². The zero-order chi connectivity index (χ0) is 14.8. The van der Waals surface area contributed by atoms with Gasteiger partial charge in [-0.05, 0) is 11.6 Å². The molecular weight excluding hydrogens is 272 g/mol. The molecule has 0 amide bonds. The van der Waals surface area contributed by atoms with Crippen LogP contribution in [-0.2, 0) is 19.6 Å². The molecule has 0 saturated carbocycles. The summed E-state index contributed by atoms with van der Waals surface area (Å²) >= 11 is 0. The molecule has 1 N–H and O–H groups in total. The van der Waals surface area contributed by atoms with Crippen molar-refractivity contribution in [1.82, 2.24) is 19.7 Å². The Morgan fingerprint density at radius 3 is 3.05 bits per heavy atom. The largest absolute Gasteiger partial charge is 0.383 e. The molecule has 0 radical (unpaired) electrons. The number of fused-ring (bicyclic) bond motifs is 1. The molecule has 0 unspecified atom stereocenters. The van der Waals surface area contributed by atoms with E-state index < -0.39 is 0 Å². The van der Waals surface area contributed by atoms with Crippen LogP contribution in [0.1, 0.15) is 11.4 Å². The lowest BCUT2D eigenvalue weighted by Crippen LogP contribution is -2.33. The molecule has 0 atom stereocenters. The van der Waals surface area contributed by atoms with Crippen molar-refractivity contribution in [2.45, 2.75) is 19.6 Å². The predicted octanol–water partition coefficient (Wildman–Crippen LogP) is 1.24. The van der Waals surface area contributed by atoms with Crippen LogP contribution in [0.5, 0.6) is 0 Å². The molecule has 8 nitrogen and oxygen atoms in total. The summed E-state index contributed by atoms with van der Waals surface area (Å²) in [7, 11) is 1.68. The Balaban J connectivity index is 1.77. The van der Waals surface area contributed by atoms with Crippen molar-refractivity contribution >= 4 is 11.4 Å². The van der Waals surface area contributed by atoms with Crippen LogP contribution < -0.4 is 5.32 Å². The minimum atomic E-state index is -0.359. The second-order valence-corrected chi connectivity index (χ2v) is 5.01. The molecule has 110 valence electrons. The molecule has 1 aromatic heterocycles. The number of hydrogen-bond donors (Lipinski definition) is 1. The van der Waals surface area contributed by atoms with E-state index in [1.807, 2.05) is 10.6 Å². The van der Waals surface area contributed by atoms with Crippen LogP contribution in [0.3, 0.4) is 0 Å². The number of nitrogens with one attached hydrogen (secondary N) is 1. The van der Waals surface area contributed by atoms with Gasteiger partial charge in [-0.1, -0.05) is 6.07 Å². The Morgan fingerprint density at radius 1 is 1.43 bits per heavy atom. The Kier molecular flexibility index (Phi) is 3.53.